The molecule has 1 fully saturated rings. The van der Waals surface area contributed by atoms with Gasteiger partial charge in [-0.05, 0) is 59.9 Å². The van der Waals surface area contributed by atoms with Gasteiger partial charge in [0.25, 0.3) is 0 Å². The van der Waals surface area contributed by atoms with Crippen LogP contribution in [0, 0.1) is 6.92 Å². The van der Waals surface area contributed by atoms with Crippen LogP contribution in [0.1, 0.15) is 30.0 Å². The molecule has 1 aromatic carbocycles. The van der Waals surface area contributed by atoms with Crippen molar-refractivity contribution in [2.75, 3.05) is 11.9 Å². The zero-order chi connectivity index (χ0) is 17.4. The Balaban J connectivity index is 1.58. The lowest BCUT2D eigenvalue weighted by Crippen LogP contribution is -2.34. The Bertz CT molecular complexity index is 978. The normalized spacial score (nSPS) is 17.2. The van der Waals surface area contributed by atoms with E-state index in [-0.39, 0.29) is 17.7 Å². The van der Waals surface area contributed by atoms with Crippen molar-refractivity contribution in [3.05, 3.63) is 62.6 Å². The summed E-state index contributed by atoms with van der Waals surface area (Å²) in [5, 5.41) is 7.95. The summed E-state index contributed by atoms with van der Waals surface area (Å²) in [5.41, 5.74) is 2.78. The van der Waals surface area contributed by atoms with Gasteiger partial charge >= 0.3 is 11.7 Å². The lowest BCUT2D eigenvalue weighted by molar-refractivity contribution is 0.207. The van der Waals surface area contributed by atoms with Gasteiger partial charge in [0.2, 0.25) is 0 Å². The molecule has 0 aliphatic carbocycles. The highest BCUT2D eigenvalue weighted by atomic mass is 32.1. The van der Waals surface area contributed by atoms with Crippen LogP contribution in [0.2, 0.25) is 0 Å². The van der Waals surface area contributed by atoms with E-state index in [4.69, 9.17) is 4.42 Å². The van der Waals surface area contributed by atoms with Crippen LogP contribution >= 0.6 is 11.3 Å². The van der Waals surface area contributed by atoms with Crippen LogP contribution in [0.4, 0.5) is 10.5 Å². The highest BCUT2D eigenvalue weighted by Gasteiger charge is 2.30. The van der Waals surface area contributed by atoms with Crippen molar-refractivity contribution in [3.63, 3.8) is 0 Å². The number of rotatable bonds is 2. The SMILES string of the molecule is Cc1cc(=O)oc2cc(NC(=O)N3CCCC3c3ccsc3)ccc12. The number of anilines is 1. The zero-order valence-corrected chi connectivity index (χ0v) is 14.6. The number of likely N-dealkylation sites (tertiary alicyclic amines) is 1. The number of amides is 2. The molecule has 0 bridgehead atoms. The Labute approximate surface area is 148 Å². The predicted molar refractivity (Wildman–Crippen MR) is 99.2 cm³/mol. The molecule has 2 amide bonds. The van der Waals surface area contributed by atoms with Gasteiger partial charge in [-0.2, -0.15) is 11.3 Å². The molecule has 5 nitrogen and oxygen atoms in total. The number of nitrogens with one attached hydrogen (secondary N) is 1. The van der Waals surface area contributed by atoms with E-state index >= 15 is 0 Å². The first-order chi connectivity index (χ1) is 12.1. The molecule has 1 unspecified atom stereocenters. The predicted octanol–water partition coefficient (Wildman–Crippen LogP) is 4.53. The van der Waals surface area contributed by atoms with Crippen LogP contribution in [-0.4, -0.2) is 17.5 Å². The Hall–Kier alpha value is -2.60. The van der Waals surface area contributed by atoms with E-state index in [0.29, 0.717) is 11.3 Å². The molecule has 2 aromatic heterocycles. The fraction of sp³-hybridized carbons (Fsp3) is 0.263. The molecule has 1 N–H and O–H groups in total. The summed E-state index contributed by atoms with van der Waals surface area (Å²) >= 11 is 1.65. The van der Waals surface area contributed by atoms with Crippen LogP contribution in [0.3, 0.4) is 0 Å². The molecule has 6 heteroatoms. The number of hydrogen-bond acceptors (Lipinski definition) is 4. The molecule has 3 heterocycles. The summed E-state index contributed by atoms with van der Waals surface area (Å²) in [5.74, 6) is 0. The lowest BCUT2D eigenvalue weighted by atomic mass is 10.1. The van der Waals surface area contributed by atoms with Gasteiger partial charge < -0.3 is 14.6 Å². The standard InChI is InChI=1S/C19H18N2O3S/c1-12-9-18(22)24-17-10-14(4-5-15(12)17)20-19(23)21-7-2-3-16(21)13-6-8-25-11-13/h4-6,8-11,16H,2-3,7H2,1H3,(H,20,23). The minimum atomic E-state index is -0.384. The largest absolute Gasteiger partial charge is 0.423 e. The van der Waals surface area contributed by atoms with E-state index < -0.39 is 0 Å². The van der Waals surface area contributed by atoms with Gasteiger partial charge in [-0.25, -0.2) is 9.59 Å². The molecule has 0 saturated carbocycles. The Kier molecular flexibility index (Phi) is 4.05. The first kappa shape index (κ1) is 15.9. The van der Waals surface area contributed by atoms with Gasteiger partial charge in [0, 0.05) is 29.8 Å². The van der Waals surface area contributed by atoms with E-state index in [1.807, 2.05) is 29.3 Å². The minimum absolute atomic E-state index is 0.122. The topological polar surface area (TPSA) is 62.6 Å². The summed E-state index contributed by atoms with van der Waals surface area (Å²) in [4.78, 5) is 26.1. The zero-order valence-electron chi connectivity index (χ0n) is 13.8. The molecule has 0 radical (unpaired) electrons. The first-order valence-electron chi connectivity index (χ1n) is 8.26. The Morgan fingerprint density at radius 3 is 3.00 bits per heavy atom. The number of thiophene rings is 1. The van der Waals surface area contributed by atoms with E-state index in [1.54, 1.807) is 17.4 Å². The number of urea groups is 1. The average Bonchev–Trinajstić information content (AvgIpc) is 3.25. The van der Waals surface area contributed by atoms with Crippen molar-refractivity contribution in [1.29, 1.82) is 0 Å². The monoisotopic (exact) mass is 354 g/mol. The van der Waals surface area contributed by atoms with Crippen LogP contribution in [0.15, 0.2) is 50.3 Å². The highest BCUT2D eigenvalue weighted by Crippen LogP contribution is 2.33. The molecule has 1 aliphatic heterocycles. The summed E-state index contributed by atoms with van der Waals surface area (Å²) in [7, 11) is 0. The lowest BCUT2D eigenvalue weighted by Gasteiger charge is -2.24. The summed E-state index contributed by atoms with van der Waals surface area (Å²) in [6, 6.07) is 8.96. The van der Waals surface area contributed by atoms with Crippen LogP contribution < -0.4 is 10.9 Å². The Morgan fingerprint density at radius 2 is 2.20 bits per heavy atom. The number of nitrogens with zero attached hydrogens (tertiary/aromatic N) is 1. The maximum Gasteiger partial charge on any atom is 0.336 e. The van der Waals surface area contributed by atoms with Gasteiger partial charge in [-0.1, -0.05) is 0 Å². The van der Waals surface area contributed by atoms with E-state index in [9.17, 15) is 9.59 Å². The first-order valence-corrected chi connectivity index (χ1v) is 9.20. The summed E-state index contributed by atoms with van der Waals surface area (Å²) in [6.45, 7) is 2.61. The van der Waals surface area contributed by atoms with Crippen molar-refractivity contribution in [2.24, 2.45) is 0 Å². The summed E-state index contributed by atoms with van der Waals surface area (Å²) in [6.07, 6.45) is 1.98. The van der Waals surface area contributed by atoms with Crippen molar-refractivity contribution in [2.45, 2.75) is 25.8 Å². The molecule has 1 atom stereocenters. The van der Waals surface area contributed by atoms with Gasteiger partial charge in [0.1, 0.15) is 5.58 Å². The second-order valence-electron chi connectivity index (χ2n) is 6.30. The molecule has 128 valence electrons. The minimum Gasteiger partial charge on any atom is -0.423 e. The number of carbonyl (C=O) groups excluding carboxylic acids is 1. The number of carbonyl (C=O) groups is 1. The number of benzene rings is 1. The Morgan fingerprint density at radius 1 is 1.32 bits per heavy atom. The maximum absolute atomic E-state index is 12.7. The van der Waals surface area contributed by atoms with E-state index in [1.165, 1.54) is 11.6 Å². The quantitative estimate of drug-likeness (QED) is 0.688. The summed E-state index contributed by atoms with van der Waals surface area (Å²) < 4.78 is 5.25. The molecule has 1 saturated heterocycles. The third-order valence-corrected chi connectivity index (χ3v) is 5.35. The molecule has 0 spiro atoms. The molecular formula is C19H18N2O3S. The fourth-order valence-corrected chi connectivity index (χ4v) is 4.13. The van der Waals surface area contributed by atoms with Gasteiger partial charge in [-0.15, -0.1) is 0 Å². The van der Waals surface area contributed by atoms with Gasteiger partial charge in [-0.3, -0.25) is 0 Å². The number of hydrogen-bond donors (Lipinski definition) is 1. The van der Waals surface area contributed by atoms with Crippen molar-refractivity contribution >= 4 is 34.0 Å². The third-order valence-electron chi connectivity index (χ3n) is 4.64. The second-order valence-corrected chi connectivity index (χ2v) is 7.08. The van der Waals surface area contributed by atoms with Gasteiger partial charge in [0.15, 0.2) is 0 Å². The maximum atomic E-state index is 12.7. The van der Waals surface area contributed by atoms with Crippen LogP contribution in [0.25, 0.3) is 11.0 Å². The number of fused-ring (bicyclic) bond motifs is 1. The third kappa shape index (κ3) is 3.05. The molecule has 4 rings (SSSR count). The van der Waals surface area contributed by atoms with Crippen molar-refractivity contribution in [3.8, 4) is 0 Å². The van der Waals surface area contributed by atoms with E-state index in [0.717, 1.165) is 30.3 Å². The van der Waals surface area contributed by atoms with Crippen molar-refractivity contribution < 1.29 is 9.21 Å². The van der Waals surface area contributed by atoms with E-state index in [2.05, 4.69) is 16.8 Å². The van der Waals surface area contributed by atoms with Crippen LogP contribution in [-0.2, 0) is 0 Å². The van der Waals surface area contributed by atoms with Gasteiger partial charge in [0.05, 0.1) is 6.04 Å². The second kappa shape index (κ2) is 6.37. The molecule has 1 aliphatic rings. The molecular weight excluding hydrogens is 336 g/mol. The fourth-order valence-electron chi connectivity index (χ4n) is 3.42. The highest BCUT2D eigenvalue weighted by molar-refractivity contribution is 7.08. The van der Waals surface area contributed by atoms with Crippen LogP contribution in [0.5, 0.6) is 0 Å². The smallest absolute Gasteiger partial charge is 0.336 e. The van der Waals surface area contributed by atoms with Crippen molar-refractivity contribution in [1.82, 2.24) is 4.90 Å². The number of aryl methyl sites for hydroxylation is 1. The molecule has 25 heavy (non-hydrogen) atoms. The molecule has 3 aromatic rings. The average molecular weight is 354 g/mol.